The molecule has 2 nitrogen and oxygen atoms in total. The summed E-state index contributed by atoms with van der Waals surface area (Å²) in [6.45, 7) is 0. The number of ketones is 2. The lowest BCUT2D eigenvalue weighted by atomic mass is 9.87. The largest absolute Gasteiger partial charge is 0.289 e. The number of Topliss-reactive ketones (excluding diaryl/α,β-unsaturated/α-hetero) is 1. The van der Waals surface area contributed by atoms with Crippen LogP contribution in [0.2, 0.25) is 0 Å². The summed E-state index contributed by atoms with van der Waals surface area (Å²) in [5.74, 6) is -0.122. The van der Waals surface area contributed by atoms with Crippen LogP contribution in [-0.2, 0) is 6.42 Å². The van der Waals surface area contributed by atoms with Crippen molar-refractivity contribution in [3.63, 3.8) is 0 Å². The van der Waals surface area contributed by atoms with Crippen molar-refractivity contribution in [2.24, 2.45) is 0 Å². The Morgan fingerprint density at radius 2 is 1.57 bits per heavy atom. The van der Waals surface area contributed by atoms with Crippen molar-refractivity contribution in [1.82, 2.24) is 0 Å². The first-order chi connectivity index (χ1) is 10.2. The van der Waals surface area contributed by atoms with Gasteiger partial charge in [-0.3, -0.25) is 9.59 Å². The van der Waals surface area contributed by atoms with Crippen LogP contribution in [0.15, 0.2) is 65.1 Å². The van der Waals surface area contributed by atoms with E-state index in [1.54, 1.807) is 36.0 Å². The molecule has 0 atom stereocenters. The van der Waals surface area contributed by atoms with Gasteiger partial charge in [-0.15, -0.1) is 11.8 Å². The van der Waals surface area contributed by atoms with Gasteiger partial charge in [0.15, 0.2) is 11.6 Å². The Kier molecular flexibility index (Phi) is 3.76. The van der Waals surface area contributed by atoms with E-state index in [1.165, 1.54) is 6.08 Å². The second kappa shape index (κ2) is 5.70. The van der Waals surface area contributed by atoms with Gasteiger partial charge in [0.2, 0.25) is 0 Å². The molecular formula is C18H14O2S. The van der Waals surface area contributed by atoms with Crippen LogP contribution in [-0.4, -0.2) is 17.8 Å². The van der Waals surface area contributed by atoms with Crippen molar-refractivity contribution in [1.29, 1.82) is 0 Å². The maximum atomic E-state index is 12.5. The number of benzene rings is 2. The Morgan fingerprint density at radius 1 is 0.905 bits per heavy atom. The molecule has 0 amide bonds. The highest BCUT2D eigenvalue weighted by atomic mass is 32.2. The van der Waals surface area contributed by atoms with Gasteiger partial charge in [-0.05, 0) is 24.0 Å². The van der Waals surface area contributed by atoms with Gasteiger partial charge in [-0.25, -0.2) is 0 Å². The number of fused-ring (bicyclic) bond motifs is 1. The monoisotopic (exact) mass is 294 g/mol. The molecule has 2 aromatic rings. The summed E-state index contributed by atoms with van der Waals surface area (Å²) in [6.07, 6.45) is 3.99. The van der Waals surface area contributed by atoms with Crippen molar-refractivity contribution in [3.8, 4) is 0 Å². The molecule has 0 saturated heterocycles. The Hall–Kier alpha value is -2.13. The molecule has 1 aliphatic rings. The lowest BCUT2D eigenvalue weighted by Crippen LogP contribution is -2.18. The number of carbonyl (C=O) groups excluding carboxylic acids is 2. The smallest absolute Gasteiger partial charge is 0.190 e. The first-order valence-electron chi connectivity index (χ1n) is 6.71. The average Bonchev–Trinajstić information content (AvgIpc) is 2.53. The van der Waals surface area contributed by atoms with Crippen molar-refractivity contribution in [2.75, 3.05) is 6.26 Å². The Balaban J connectivity index is 1.98. The van der Waals surface area contributed by atoms with Gasteiger partial charge in [0.1, 0.15) is 0 Å². The molecule has 3 rings (SSSR count). The van der Waals surface area contributed by atoms with E-state index in [4.69, 9.17) is 0 Å². The maximum absolute atomic E-state index is 12.5. The third-order valence-electron chi connectivity index (χ3n) is 3.61. The number of hydrogen-bond donors (Lipinski definition) is 0. The van der Waals surface area contributed by atoms with Gasteiger partial charge in [0, 0.05) is 28.0 Å². The molecule has 104 valence electrons. The molecular weight excluding hydrogens is 280 g/mol. The number of allylic oxidation sites excluding steroid dienone is 2. The molecule has 0 aliphatic heterocycles. The van der Waals surface area contributed by atoms with Gasteiger partial charge < -0.3 is 0 Å². The molecule has 0 bridgehead atoms. The average molecular weight is 294 g/mol. The lowest BCUT2D eigenvalue weighted by molar-refractivity contribution is 0.0982. The summed E-state index contributed by atoms with van der Waals surface area (Å²) in [7, 11) is 0. The Labute approximate surface area is 127 Å². The van der Waals surface area contributed by atoms with Crippen molar-refractivity contribution in [2.45, 2.75) is 11.3 Å². The molecule has 0 saturated carbocycles. The zero-order chi connectivity index (χ0) is 14.8. The van der Waals surface area contributed by atoms with E-state index in [0.717, 1.165) is 10.5 Å². The van der Waals surface area contributed by atoms with E-state index in [1.807, 2.05) is 30.5 Å². The third-order valence-corrected chi connectivity index (χ3v) is 4.45. The van der Waals surface area contributed by atoms with Crippen molar-refractivity contribution < 1.29 is 9.59 Å². The predicted molar refractivity (Wildman–Crippen MR) is 85.1 cm³/mol. The maximum Gasteiger partial charge on any atom is 0.190 e. The number of hydrogen-bond acceptors (Lipinski definition) is 3. The van der Waals surface area contributed by atoms with Crippen LogP contribution in [0.3, 0.4) is 0 Å². The first kappa shape index (κ1) is 13.8. The van der Waals surface area contributed by atoms with E-state index in [0.29, 0.717) is 23.1 Å². The van der Waals surface area contributed by atoms with Crippen LogP contribution in [0.4, 0.5) is 0 Å². The highest BCUT2D eigenvalue weighted by Crippen LogP contribution is 2.27. The van der Waals surface area contributed by atoms with Crippen LogP contribution in [0, 0.1) is 0 Å². The van der Waals surface area contributed by atoms with Gasteiger partial charge in [0.05, 0.1) is 0 Å². The quantitative estimate of drug-likeness (QED) is 0.804. The summed E-state index contributed by atoms with van der Waals surface area (Å²) in [4.78, 5) is 25.8. The number of carbonyl (C=O) groups is 2. The molecule has 0 radical (unpaired) electrons. The third kappa shape index (κ3) is 2.57. The summed E-state index contributed by atoms with van der Waals surface area (Å²) in [5.41, 5.74) is 2.67. The molecule has 0 unspecified atom stereocenters. The molecule has 0 spiro atoms. The minimum atomic E-state index is -0.0816. The molecule has 2 aromatic carbocycles. The topological polar surface area (TPSA) is 34.1 Å². The van der Waals surface area contributed by atoms with Crippen LogP contribution >= 0.6 is 11.8 Å². The van der Waals surface area contributed by atoms with Crippen LogP contribution in [0.25, 0.3) is 0 Å². The molecule has 21 heavy (non-hydrogen) atoms. The molecule has 0 N–H and O–H groups in total. The number of thioether (sulfide) groups is 1. The van der Waals surface area contributed by atoms with Gasteiger partial charge in [-0.1, -0.05) is 42.5 Å². The molecule has 1 aliphatic carbocycles. The highest BCUT2D eigenvalue weighted by molar-refractivity contribution is 7.98. The standard InChI is InChI=1S/C18H14O2S/c1-21-17-9-5-2-6-12(17)10-13-11-16(19)14-7-3-4-8-15(14)18(13)20/h2-9,11H,10H2,1H3. The van der Waals surface area contributed by atoms with E-state index in [2.05, 4.69) is 0 Å². The summed E-state index contributed by atoms with van der Waals surface area (Å²) in [6, 6.07) is 15.0. The first-order valence-corrected chi connectivity index (χ1v) is 7.93. The fourth-order valence-corrected chi connectivity index (χ4v) is 3.17. The zero-order valence-electron chi connectivity index (χ0n) is 11.6. The zero-order valence-corrected chi connectivity index (χ0v) is 12.4. The van der Waals surface area contributed by atoms with Crippen LogP contribution < -0.4 is 0 Å². The SMILES string of the molecule is CSc1ccccc1CC1=CC(=O)c2ccccc2C1=O. The van der Waals surface area contributed by atoms with E-state index >= 15 is 0 Å². The predicted octanol–water partition coefficient (Wildman–Crippen LogP) is 3.96. The van der Waals surface area contributed by atoms with Crippen molar-refractivity contribution in [3.05, 3.63) is 76.9 Å². The normalized spacial score (nSPS) is 13.9. The Bertz CT molecular complexity index is 759. The second-order valence-corrected chi connectivity index (χ2v) is 5.75. The van der Waals surface area contributed by atoms with Crippen molar-refractivity contribution >= 4 is 23.3 Å². The van der Waals surface area contributed by atoms with E-state index < -0.39 is 0 Å². The van der Waals surface area contributed by atoms with Gasteiger partial charge in [-0.2, -0.15) is 0 Å². The summed E-state index contributed by atoms with van der Waals surface area (Å²) >= 11 is 1.65. The number of rotatable bonds is 3. The summed E-state index contributed by atoms with van der Waals surface area (Å²) < 4.78 is 0. The fraction of sp³-hybridized carbons (Fsp3) is 0.111. The molecule has 0 fully saturated rings. The second-order valence-electron chi connectivity index (χ2n) is 4.90. The van der Waals surface area contributed by atoms with Gasteiger partial charge in [0.25, 0.3) is 0 Å². The molecule has 3 heteroatoms. The van der Waals surface area contributed by atoms with Crippen LogP contribution in [0.1, 0.15) is 26.3 Å². The minimum Gasteiger partial charge on any atom is -0.289 e. The Morgan fingerprint density at radius 3 is 2.33 bits per heavy atom. The minimum absolute atomic E-state index is 0.0406. The van der Waals surface area contributed by atoms with Gasteiger partial charge >= 0.3 is 0 Å². The fourth-order valence-electron chi connectivity index (χ4n) is 2.56. The molecule has 0 heterocycles. The van der Waals surface area contributed by atoms with E-state index in [9.17, 15) is 9.59 Å². The highest BCUT2D eigenvalue weighted by Gasteiger charge is 2.25. The molecule has 0 aromatic heterocycles. The summed E-state index contributed by atoms with van der Waals surface area (Å²) in [5, 5.41) is 0. The lowest BCUT2D eigenvalue weighted by Gasteiger charge is -2.16. The van der Waals surface area contributed by atoms with Crippen LogP contribution in [0.5, 0.6) is 0 Å². The van der Waals surface area contributed by atoms with E-state index in [-0.39, 0.29) is 11.6 Å².